The second kappa shape index (κ2) is 9.68. The van der Waals surface area contributed by atoms with E-state index in [0.717, 1.165) is 30.6 Å². The molecule has 1 saturated heterocycles. The Kier molecular flexibility index (Phi) is 6.54. The summed E-state index contributed by atoms with van der Waals surface area (Å²) in [5.74, 6) is 1.36. The quantitative estimate of drug-likeness (QED) is 0.733. The predicted molar refractivity (Wildman–Crippen MR) is 113 cm³/mol. The molecular weight excluding hydrogens is 401 g/mol. The summed E-state index contributed by atoms with van der Waals surface area (Å²) in [6.45, 7) is 1.96. The molecule has 31 heavy (non-hydrogen) atoms. The second-order valence-corrected chi connectivity index (χ2v) is 7.89. The van der Waals surface area contributed by atoms with Crippen molar-refractivity contribution in [2.75, 3.05) is 25.2 Å². The van der Waals surface area contributed by atoms with Crippen molar-refractivity contribution in [2.45, 2.75) is 32.2 Å². The number of carbonyl (C=O) groups excluding carboxylic acids is 2. The highest BCUT2D eigenvalue weighted by molar-refractivity contribution is 5.89. The fourth-order valence-corrected chi connectivity index (χ4v) is 3.90. The van der Waals surface area contributed by atoms with Gasteiger partial charge < -0.3 is 25.0 Å². The van der Waals surface area contributed by atoms with Crippen molar-refractivity contribution in [1.82, 2.24) is 10.2 Å². The van der Waals surface area contributed by atoms with Gasteiger partial charge in [0, 0.05) is 31.7 Å². The Bertz CT molecular complexity index is 935. The Balaban J connectivity index is 1.19. The molecule has 4 rings (SSSR count). The summed E-state index contributed by atoms with van der Waals surface area (Å²) >= 11 is 0. The molecule has 2 aromatic carbocycles. The van der Waals surface area contributed by atoms with Gasteiger partial charge in [0.25, 0.3) is 0 Å². The van der Waals surface area contributed by atoms with Crippen LogP contribution in [-0.4, -0.2) is 36.7 Å². The van der Waals surface area contributed by atoms with Crippen molar-refractivity contribution in [2.24, 2.45) is 5.92 Å². The fourth-order valence-electron chi connectivity index (χ4n) is 3.90. The van der Waals surface area contributed by atoms with Crippen LogP contribution in [0.2, 0.25) is 0 Å². The smallest absolute Gasteiger partial charge is 0.321 e. The van der Waals surface area contributed by atoms with E-state index in [1.807, 2.05) is 18.2 Å². The van der Waals surface area contributed by atoms with E-state index in [-0.39, 0.29) is 30.5 Å². The molecule has 2 N–H and O–H groups in total. The van der Waals surface area contributed by atoms with Gasteiger partial charge in [0.05, 0.1) is 0 Å². The van der Waals surface area contributed by atoms with E-state index >= 15 is 0 Å². The van der Waals surface area contributed by atoms with Crippen molar-refractivity contribution < 1.29 is 23.5 Å². The molecule has 2 aliphatic heterocycles. The average Bonchev–Trinajstić information content (AvgIpc) is 3.26. The summed E-state index contributed by atoms with van der Waals surface area (Å²) in [6, 6.07) is 11.2. The van der Waals surface area contributed by atoms with Gasteiger partial charge >= 0.3 is 6.03 Å². The number of benzene rings is 2. The number of anilines is 1. The lowest BCUT2D eigenvalue weighted by atomic mass is 9.93. The van der Waals surface area contributed by atoms with Crippen molar-refractivity contribution in [3.05, 3.63) is 53.8 Å². The molecule has 2 aliphatic rings. The van der Waals surface area contributed by atoms with Crippen LogP contribution in [0.5, 0.6) is 11.5 Å². The molecule has 0 aliphatic carbocycles. The van der Waals surface area contributed by atoms with Gasteiger partial charge in [-0.05, 0) is 67.1 Å². The highest BCUT2D eigenvalue weighted by Crippen LogP contribution is 2.32. The third-order valence-corrected chi connectivity index (χ3v) is 5.61. The minimum atomic E-state index is -0.340. The van der Waals surface area contributed by atoms with E-state index in [1.54, 1.807) is 17.0 Å². The van der Waals surface area contributed by atoms with Crippen LogP contribution in [0, 0.1) is 11.7 Å². The molecule has 8 heteroatoms. The Morgan fingerprint density at radius 2 is 1.90 bits per heavy atom. The van der Waals surface area contributed by atoms with Gasteiger partial charge in [-0.3, -0.25) is 4.79 Å². The van der Waals surface area contributed by atoms with Crippen LogP contribution in [0.4, 0.5) is 14.9 Å². The van der Waals surface area contributed by atoms with Gasteiger partial charge in [-0.15, -0.1) is 0 Å². The highest BCUT2D eigenvalue weighted by atomic mass is 19.1. The van der Waals surface area contributed by atoms with Gasteiger partial charge in [0.15, 0.2) is 11.5 Å². The largest absolute Gasteiger partial charge is 0.454 e. The minimum Gasteiger partial charge on any atom is -0.454 e. The second-order valence-electron chi connectivity index (χ2n) is 7.89. The maximum absolute atomic E-state index is 13.0. The summed E-state index contributed by atoms with van der Waals surface area (Å²) in [4.78, 5) is 26.6. The van der Waals surface area contributed by atoms with Gasteiger partial charge in [-0.25, -0.2) is 9.18 Å². The van der Waals surface area contributed by atoms with Crippen molar-refractivity contribution in [1.29, 1.82) is 0 Å². The summed E-state index contributed by atoms with van der Waals surface area (Å²) < 4.78 is 23.7. The number of urea groups is 1. The maximum Gasteiger partial charge on any atom is 0.321 e. The zero-order valence-electron chi connectivity index (χ0n) is 17.2. The number of nitrogens with one attached hydrogen (secondary N) is 2. The van der Waals surface area contributed by atoms with Gasteiger partial charge in [0.2, 0.25) is 12.7 Å². The zero-order chi connectivity index (χ0) is 21.6. The fraction of sp³-hybridized carbons (Fsp3) is 0.391. The monoisotopic (exact) mass is 427 g/mol. The van der Waals surface area contributed by atoms with Gasteiger partial charge in [-0.2, -0.15) is 0 Å². The van der Waals surface area contributed by atoms with Crippen LogP contribution in [0.3, 0.4) is 0 Å². The molecule has 1 atom stereocenters. The molecule has 0 radical (unpaired) electrons. The van der Waals surface area contributed by atoms with E-state index in [2.05, 4.69) is 10.6 Å². The summed E-state index contributed by atoms with van der Waals surface area (Å²) in [5.41, 5.74) is 1.52. The van der Waals surface area contributed by atoms with Crippen molar-refractivity contribution in [3.8, 4) is 11.5 Å². The molecule has 164 valence electrons. The van der Waals surface area contributed by atoms with E-state index in [9.17, 15) is 14.0 Å². The molecule has 0 bridgehead atoms. The SMILES string of the molecule is O=C(CCC1CCCN(C(=O)Nc2ccc(F)cc2)C1)NCc1ccc2c(c1)OCO2. The van der Waals surface area contributed by atoms with Gasteiger partial charge in [0.1, 0.15) is 5.82 Å². The van der Waals surface area contributed by atoms with Crippen molar-refractivity contribution >= 4 is 17.6 Å². The molecule has 0 aromatic heterocycles. The van der Waals surface area contributed by atoms with E-state index in [0.29, 0.717) is 37.5 Å². The molecule has 2 heterocycles. The van der Waals surface area contributed by atoms with E-state index < -0.39 is 0 Å². The normalized spacial score (nSPS) is 17.3. The maximum atomic E-state index is 13.0. The Hall–Kier alpha value is -3.29. The first-order valence-corrected chi connectivity index (χ1v) is 10.5. The topological polar surface area (TPSA) is 79.9 Å². The third kappa shape index (κ3) is 5.65. The van der Waals surface area contributed by atoms with Crippen LogP contribution >= 0.6 is 0 Å². The Morgan fingerprint density at radius 3 is 2.74 bits per heavy atom. The molecule has 0 spiro atoms. The predicted octanol–water partition coefficient (Wildman–Crippen LogP) is 3.89. The number of likely N-dealkylation sites (tertiary alicyclic amines) is 1. The summed E-state index contributed by atoms with van der Waals surface area (Å²) in [6.07, 6.45) is 3.05. The van der Waals surface area contributed by atoms with Crippen LogP contribution in [0.25, 0.3) is 0 Å². The Morgan fingerprint density at radius 1 is 1.10 bits per heavy atom. The number of halogens is 1. The van der Waals surface area contributed by atoms with Crippen LogP contribution in [0.1, 0.15) is 31.2 Å². The average molecular weight is 427 g/mol. The number of carbonyl (C=O) groups is 2. The van der Waals surface area contributed by atoms with E-state index in [1.165, 1.54) is 12.1 Å². The molecule has 1 fully saturated rings. The number of rotatable bonds is 6. The van der Waals surface area contributed by atoms with Crippen molar-refractivity contribution in [3.63, 3.8) is 0 Å². The molecule has 0 saturated carbocycles. The van der Waals surface area contributed by atoms with Crippen LogP contribution < -0.4 is 20.1 Å². The molecule has 3 amide bonds. The summed E-state index contributed by atoms with van der Waals surface area (Å²) in [7, 11) is 0. The lowest BCUT2D eigenvalue weighted by molar-refractivity contribution is -0.121. The number of fused-ring (bicyclic) bond motifs is 1. The number of ether oxygens (including phenoxy) is 2. The zero-order valence-corrected chi connectivity index (χ0v) is 17.2. The molecule has 7 nitrogen and oxygen atoms in total. The Labute approximate surface area is 180 Å². The lowest BCUT2D eigenvalue weighted by Gasteiger charge is -2.32. The van der Waals surface area contributed by atoms with Crippen LogP contribution in [0.15, 0.2) is 42.5 Å². The molecule has 1 unspecified atom stereocenters. The number of hydrogen-bond acceptors (Lipinski definition) is 4. The lowest BCUT2D eigenvalue weighted by Crippen LogP contribution is -2.42. The van der Waals surface area contributed by atoms with E-state index in [4.69, 9.17) is 9.47 Å². The first-order valence-electron chi connectivity index (χ1n) is 10.5. The summed E-state index contributed by atoms with van der Waals surface area (Å²) in [5, 5.41) is 5.74. The first kappa shape index (κ1) is 21.0. The third-order valence-electron chi connectivity index (χ3n) is 5.61. The molecule has 2 aromatic rings. The molecular formula is C23H26FN3O4. The van der Waals surface area contributed by atoms with Crippen LogP contribution in [-0.2, 0) is 11.3 Å². The standard InChI is InChI=1S/C23H26FN3O4/c24-18-5-7-19(8-6-18)26-23(29)27-11-1-2-16(14-27)4-10-22(28)25-13-17-3-9-20-21(12-17)31-15-30-20/h3,5-9,12,16H,1-2,4,10-11,13-15H2,(H,25,28)(H,26,29). The minimum absolute atomic E-state index is 0.00875. The van der Waals surface area contributed by atoms with Gasteiger partial charge in [-0.1, -0.05) is 6.07 Å². The number of amides is 3. The first-order chi connectivity index (χ1) is 15.1. The number of nitrogens with zero attached hydrogens (tertiary/aromatic N) is 1. The highest BCUT2D eigenvalue weighted by Gasteiger charge is 2.24. The number of piperidine rings is 1. The number of hydrogen-bond donors (Lipinski definition) is 2.